The summed E-state index contributed by atoms with van der Waals surface area (Å²) >= 11 is 1.55. The Bertz CT molecular complexity index is 893. The van der Waals surface area contributed by atoms with Crippen LogP contribution in [0.25, 0.3) is 0 Å². The second-order valence-electron chi connectivity index (χ2n) is 6.34. The number of benzene rings is 2. The summed E-state index contributed by atoms with van der Waals surface area (Å²) in [6.07, 6.45) is 3.15. The van der Waals surface area contributed by atoms with Gasteiger partial charge in [0.15, 0.2) is 0 Å². The highest BCUT2D eigenvalue weighted by molar-refractivity contribution is 7.07. The van der Waals surface area contributed by atoms with Crippen LogP contribution in [0.4, 0.5) is 5.69 Å². The van der Waals surface area contributed by atoms with Gasteiger partial charge in [-0.15, -0.1) is 11.3 Å². The molecule has 2 aromatic carbocycles. The third kappa shape index (κ3) is 3.63. The molecule has 1 aliphatic rings. The molecule has 0 radical (unpaired) electrons. The van der Waals surface area contributed by atoms with Crippen molar-refractivity contribution in [3.63, 3.8) is 0 Å². The van der Waals surface area contributed by atoms with Crippen molar-refractivity contribution in [2.24, 2.45) is 0 Å². The zero-order valence-electron chi connectivity index (χ0n) is 14.4. The van der Waals surface area contributed by atoms with E-state index < -0.39 is 0 Å². The van der Waals surface area contributed by atoms with Crippen LogP contribution in [0.3, 0.4) is 0 Å². The molecule has 5 heteroatoms. The average molecular weight is 364 g/mol. The molecule has 0 fully saturated rings. The number of para-hydroxylation sites is 1. The topological polar surface area (TPSA) is 42.4 Å². The van der Waals surface area contributed by atoms with E-state index in [9.17, 15) is 4.79 Å². The van der Waals surface area contributed by atoms with E-state index in [0.717, 1.165) is 37.2 Å². The van der Waals surface area contributed by atoms with Crippen molar-refractivity contribution in [3.05, 3.63) is 76.2 Å². The van der Waals surface area contributed by atoms with E-state index in [1.807, 2.05) is 52.7 Å². The Morgan fingerprint density at radius 3 is 2.96 bits per heavy atom. The minimum atomic E-state index is 0.0264. The van der Waals surface area contributed by atoms with Crippen LogP contribution in [-0.2, 0) is 13.0 Å². The van der Waals surface area contributed by atoms with Crippen LogP contribution in [-0.4, -0.2) is 17.4 Å². The van der Waals surface area contributed by atoms with Gasteiger partial charge in [0.2, 0.25) is 0 Å². The Morgan fingerprint density at radius 1 is 1.15 bits per heavy atom. The van der Waals surface area contributed by atoms with Crippen molar-refractivity contribution in [2.45, 2.75) is 25.9 Å². The number of ether oxygens (including phenoxy) is 1. The van der Waals surface area contributed by atoms with Crippen LogP contribution < -0.4 is 9.64 Å². The molecule has 26 heavy (non-hydrogen) atoms. The zero-order valence-corrected chi connectivity index (χ0v) is 15.2. The summed E-state index contributed by atoms with van der Waals surface area (Å²) in [5.74, 6) is 0.713. The van der Waals surface area contributed by atoms with Crippen molar-refractivity contribution in [3.8, 4) is 5.75 Å². The van der Waals surface area contributed by atoms with Gasteiger partial charge in [-0.3, -0.25) is 4.79 Å². The predicted molar refractivity (Wildman–Crippen MR) is 104 cm³/mol. The fraction of sp³-hybridized carbons (Fsp3) is 0.238. The molecule has 132 valence electrons. The van der Waals surface area contributed by atoms with Crippen molar-refractivity contribution in [1.29, 1.82) is 0 Å². The number of anilines is 1. The highest BCUT2D eigenvalue weighted by atomic mass is 32.1. The first-order chi connectivity index (χ1) is 12.8. The van der Waals surface area contributed by atoms with E-state index in [4.69, 9.17) is 4.74 Å². The monoisotopic (exact) mass is 364 g/mol. The zero-order chi connectivity index (χ0) is 17.8. The summed E-state index contributed by atoms with van der Waals surface area (Å²) < 4.78 is 5.80. The number of nitrogens with zero attached hydrogens (tertiary/aromatic N) is 2. The Labute approximate surface area is 157 Å². The normalized spacial score (nSPS) is 13.8. The molecule has 0 atom stereocenters. The van der Waals surface area contributed by atoms with E-state index in [1.165, 1.54) is 5.56 Å². The molecule has 0 bridgehead atoms. The van der Waals surface area contributed by atoms with E-state index in [2.05, 4.69) is 11.1 Å². The smallest absolute Gasteiger partial charge is 0.258 e. The van der Waals surface area contributed by atoms with Crippen LogP contribution in [0.5, 0.6) is 5.75 Å². The van der Waals surface area contributed by atoms with E-state index in [-0.39, 0.29) is 5.91 Å². The number of rotatable bonds is 4. The quantitative estimate of drug-likeness (QED) is 0.673. The molecule has 0 unspecified atom stereocenters. The first-order valence-electron chi connectivity index (χ1n) is 8.81. The maximum Gasteiger partial charge on any atom is 0.258 e. The van der Waals surface area contributed by atoms with Gasteiger partial charge < -0.3 is 9.64 Å². The first-order valence-corrected chi connectivity index (χ1v) is 9.75. The number of hydrogen-bond acceptors (Lipinski definition) is 4. The summed E-state index contributed by atoms with van der Waals surface area (Å²) in [5, 5.41) is 1.96. The van der Waals surface area contributed by atoms with Crippen LogP contribution in [0.15, 0.2) is 59.4 Å². The Kier molecular flexibility index (Phi) is 4.97. The minimum Gasteiger partial charge on any atom is -0.487 e. The van der Waals surface area contributed by atoms with E-state index in [1.54, 1.807) is 16.8 Å². The molecule has 0 aliphatic carbocycles. The molecule has 4 rings (SSSR count). The number of fused-ring (bicyclic) bond motifs is 1. The molecule has 0 spiro atoms. The number of carbonyl (C=O) groups excluding carboxylic acids is 1. The van der Waals surface area contributed by atoms with Gasteiger partial charge in [-0.1, -0.05) is 24.3 Å². The van der Waals surface area contributed by atoms with Crippen molar-refractivity contribution >= 4 is 22.9 Å². The van der Waals surface area contributed by atoms with Crippen molar-refractivity contribution < 1.29 is 9.53 Å². The lowest BCUT2D eigenvalue weighted by molar-refractivity contribution is 0.0986. The summed E-state index contributed by atoms with van der Waals surface area (Å²) in [7, 11) is 0. The van der Waals surface area contributed by atoms with Gasteiger partial charge >= 0.3 is 0 Å². The van der Waals surface area contributed by atoms with Gasteiger partial charge in [-0.05, 0) is 49.1 Å². The molecule has 1 amide bonds. The maximum absolute atomic E-state index is 13.2. The number of thiazole rings is 1. The summed E-state index contributed by atoms with van der Waals surface area (Å²) in [5.41, 5.74) is 5.61. The van der Waals surface area contributed by atoms with Gasteiger partial charge in [-0.25, -0.2) is 4.98 Å². The molecule has 0 saturated carbocycles. The highest BCUT2D eigenvalue weighted by Gasteiger charge is 2.22. The summed E-state index contributed by atoms with van der Waals surface area (Å²) in [4.78, 5) is 19.3. The molecule has 2 heterocycles. The Balaban J connectivity index is 1.55. The lowest BCUT2D eigenvalue weighted by atomic mass is 10.1. The minimum absolute atomic E-state index is 0.0264. The molecule has 0 N–H and O–H groups in total. The molecule has 1 aromatic heterocycles. The van der Waals surface area contributed by atoms with Gasteiger partial charge in [-0.2, -0.15) is 0 Å². The highest BCUT2D eigenvalue weighted by Crippen LogP contribution is 2.28. The lowest BCUT2D eigenvalue weighted by Crippen LogP contribution is -2.31. The van der Waals surface area contributed by atoms with Gasteiger partial charge in [0.1, 0.15) is 12.4 Å². The molecular weight excluding hydrogens is 344 g/mol. The van der Waals surface area contributed by atoms with Crippen molar-refractivity contribution in [1.82, 2.24) is 4.98 Å². The number of aromatic nitrogens is 1. The van der Waals surface area contributed by atoms with Gasteiger partial charge in [0, 0.05) is 23.2 Å². The SMILES string of the molecule is O=C(c1cccc(OCc2cscn2)c1)N1CCCCc2ccccc21. The third-order valence-corrected chi connectivity index (χ3v) is 5.19. The summed E-state index contributed by atoms with van der Waals surface area (Å²) in [6.45, 7) is 1.16. The fourth-order valence-electron chi connectivity index (χ4n) is 3.24. The maximum atomic E-state index is 13.2. The molecule has 1 aliphatic heterocycles. The third-order valence-electron chi connectivity index (χ3n) is 4.56. The molecule has 4 nitrogen and oxygen atoms in total. The van der Waals surface area contributed by atoms with E-state index in [0.29, 0.717) is 17.9 Å². The number of aryl methyl sites for hydroxylation is 1. The molecular formula is C21H20N2O2S. The average Bonchev–Trinajstić information content (AvgIpc) is 3.11. The molecule has 3 aromatic rings. The fourth-order valence-corrected chi connectivity index (χ4v) is 3.79. The Hall–Kier alpha value is -2.66. The first kappa shape index (κ1) is 16.8. The van der Waals surface area contributed by atoms with Crippen LogP contribution >= 0.6 is 11.3 Å². The largest absolute Gasteiger partial charge is 0.487 e. The predicted octanol–water partition coefficient (Wildman–Crippen LogP) is 4.71. The Morgan fingerprint density at radius 2 is 2.08 bits per heavy atom. The van der Waals surface area contributed by atoms with Crippen molar-refractivity contribution in [2.75, 3.05) is 11.4 Å². The summed E-state index contributed by atoms with van der Waals surface area (Å²) in [6, 6.07) is 15.6. The van der Waals surface area contributed by atoms with Crippen LogP contribution in [0.2, 0.25) is 0 Å². The second kappa shape index (κ2) is 7.70. The van der Waals surface area contributed by atoms with E-state index >= 15 is 0 Å². The number of amides is 1. The second-order valence-corrected chi connectivity index (χ2v) is 7.06. The van der Waals surface area contributed by atoms with Gasteiger partial charge in [0.25, 0.3) is 5.91 Å². The van der Waals surface area contributed by atoms with Gasteiger partial charge in [0.05, 0.1) is 11.2 Å². The standard InChI is InChI=1S/C21H20N2O2S/c24-21(23-11-4-3-7-16-6-1-2-10-20(16)23)17-8-5-9-19(12-17)25-13-18-14-26-15-22-18/h1-2,5-6,8-10,12,14-15H,3-4,7,11,13H2. The number of carbonyl (C=O) groups is 1. The lowest BCUT2D eigenvalue weighted by Gasteiger charge is -2.23. The molecule has 0 saturated heterocycles. The van der Waals surface area contributed by atoms with Crippen LogP contribution in [0.1, 0.15) is 34.5 Å². The van der Waals surface area contributed by atoms with Crippen LogP contribution in [0, 0.1) is 0 Å². The number of hydrogen-bond donors (Lipinski definition) is 0.